The number of hydrogen-bond donors (Lipinski definition) is 1. The first-order valence-corrected chi connectivity index (χ1v) is 5.89. The summed E-state index contributed by atoms with van der Waals surface area (Å²) >= 11 is 0. The molecule has 0 aliphatic heterocycles. The Morgan fingerprint density at radius 2 is 1.79 bits per heavy atom. The zero-order valence-electron chi connectivity index (χ0n) is 10.8. The van der Waals surface area contributed by atoms with E-state index in [2.05, 4.69) is 5.32 Å². The average Bonchev–Trinajstić information content (AvgIpc) is 2.46. The van der Waals surface area contributed by atoms with Crippen LogP contribution in [0.5, 0.6) is 0 Å². The summed E-state index contributed by atoms with van der Waals surface area (Å²) in [5, 5.41) is 14.1. The van der Waals surface area contributed by atoms with Crippen molar-refractivity contribution in [3.63, 3.8) is 0 Å². The molecule has 0 bridgehead atoms. The fourth-order valence-electron chi connectivity index (χ4n) is 1.99. The molecule has 2 aromatic rings. The van der Waals surface area contributed by atoms with E-state index in [-0.39, 0.29) is 10.6 Å². The Balaban J connectivity index is 2.53. The highest BCUT2D eigenvalue weighted by atomic mass is 16.6. The minimum Gasteiger partial charge on any atom is -0.382 e. The van der Waals surface area contributed by atoms with E-state index in [1.54, 1.807) is 30.1 Å². The van der Waals surface area contributed by atoms with E-state index in [1.807, 2.05) is 37.4 Å². The Bertz CT molecular complexity index is 584. The zero-order chi connectivity index (χ0) is 13.8. The van der Waals surface area contributed by atoms with Gasteiger partial charge in [0.15, 0.2) is 0 Å². The summed E-state index contributed by atoms with van der Waals surface area (Å²) in [5.41, 5.74) is 2.04. The number of nitrogens with zero attached hydrogens (tertiary/aromatic N) is 2. The third-order valence-electron chi connectivity index (χ3n) is 2.97. The van der Waals surface area contributed by atoms with Crippen molar-refractivity contribution in [2.75, 3.05) is 24.3 Å². The largest absolute Gasteiger partial charge is 0.382 e. The molecule has 0 aromatic heterocycles. The monoisotopic (exact) mass is 257 g/mol. The standard InChI is InChI=1S/C14H15N3O2/c1-15-12-9-6-10-13(14(12)17(18)19)16(2)11-7-4-3-5-8-11/h3-10,15H,1-2H3. The lowest BCUT2D eigenvalue weighted by molar-refractivity contribution is -0.383. The third kappa shape index (κ3) is 2.49. The van der Waals surface area contributed by atoms with E-state index in [0.29, 0.717) is 11.4 Å². The van der Waals surface area contributed by atoms with Gasteiger partial charge in [0.25, 0.3) is 0 Å². The normalized spacial score (nSPS) is 10.0. The maximum absolute atomic E-state index is 11.3. The molecule has 19 heavy (non-hydrogen) atoms. The third-order valence-corrected chi connectivity index (χ3v) is 2.97. The van der Waals surface area contributed by atoms with Gasteiger partial charge in [-0.15, -0.1) is 0 Å². The van der Waals surface area contributed by atoms with E-state index in [4.69, 9.17) is 0 Å². The van der Waals surface area contributed by atoms with Crippen molar-refractivity contribution in [1.29, 1.82) is 0 Å². The van der Waals surface area contributed by atoms with Crippen molar-refractivity contribution >= 4 is 22.7 Å². The lowest BCUT2D eigenvalue weighted by atomic mass is 10.2. The van der Waals surface area contributed by atoms with Crippen molar-refractivity contribution in [2.45, 2.75) is 0 Å². The smallest absolute Gasteiger partial charge is 0.315 e. The number of nitro groups is 1. The summed E-state index contributed by atoms with van der Waals surface area (Å²) < 4.78 is 0. The number of nitro benzene ring substituents is 1. The van der Waals surface area contributed by atoms with Gasteiger partial charge in [0, 0.05) is 19.8 Å². The van der Waals surface area contributed by atoms with E-state index >= 15 is 0 Å². The van der Waals surface area contributed by atoms with E-state index in [0.717, 1.165) is 5.69 Å². The highest BCUT2D eigenvalue weighted by molar-refractivity contribution is 5.80. The maximum Gasteiger partial charge on any atom is 0.315 e. The Morgan fingerprint density at radius 3 is 2.37 bits per heavy atom. The minimum absolute atomic E-state index is 0.0800. The van der Waals surface area contributed by atoms with Crippen LogP contribution in [0, 0.1) is 10.1 Å². The van der Waals surface area contributed by atoms with Crippen LogP contribution in [-0.4, -0.2) is 19.0 Å². The summed E-state index contributed by atoms with van der Waals surface area (Å²) in [7, 11) is 3.49. The molecule has 0 radical (unpaired) electrons. The molecule has 5 nitrogen and oxygen atoms in total. The van der Waals surface area contributed by atoms with E-state index in [1.165, 1.54) is 0 Å². The van der Waals surface area contributed by atoms with Gasteiger partial charge in [-0.25, -0.2) is 0 Å². The first kappa shape index (κ1) is 12.9. The number of benzene rings is 2. The summed E-state index contributed by atoms with van der Waals surface area (Å²) in [6.07, 6.45) is 0. The molecular weight excluding hydrogens is 242 g/mol. The molecule has 1 N–H and O–H groups in total. The molecule has 0 spiro atoms. The van der Waals surface area contributed by atoms with E-state index < -0.39 is 0 Å². The second kappa shape index (κ2) is 5.39. The van der Waals surface area contributed by atoms with Gasteiger partial charge in [0.1, 0.15) is 11.4 Å². The molecular formula is C14H15N3O2. The Labute approximate surface area is 111 Å². The number of rotatable bonds is 4. The van der Waals surface area contributed by atoms with Gasteiger partial charge >= 0.3 is 5.69 Å². The Kier molecular flexibility index (Phi) is 3.66. The summed E-state index contributed by atoms with van der Waals surface area (Å²) in [6, 6.07) is 14.8. The second-order valence-corrected chi connectivity index (χ2v) is 4.07. The SMILES string of the molecule is CNc1cccc(N(C)c2ccccc2)c1[N+](=O)[O-]. The van der Waals surface area contributed by atoms with Gasteiger partial charge in [0.2, 0.25) is 0 Å². The average molecular weight is 257 g/mol. The van der Waals surface area contributed by atoms with Crippen molar-refractivity contribution in [3.8, 4) is 0 Å². The number of anilines is 3. The highest BCUT2D eigenvalue weighted by Crippen LogP contribution is 2.37. The number of hydrogen-bond acceptors (Lipinski definition) is 4. The van der Waals surface area contributed by atoms with Crippen LogP contribution in [0.25, 0.3) is 0 Å². The topological polar surface area (TPSA) is 58.4 Å². The molecule has 0 aliphatic rings. The van der Waals surface area contributed by atoms with Gasteiger partial charge in [-0.3, -0.25) is 10.1 Å². The van der Waals surface area contributed by atoms with E-state index in [9.17, 15) is 10.1 Å². The fourth-order valence-corrected chi connectivity index (χ4v) is 1.99. The molecule has 98 valence electrons. The fraction of sp³-hybridized carbons (Fsp3) is 0.143. The molecule has 2 rings (SSSR count). The van der Waals surface area contributed by atoms with Gasteiger partial charge in [0.05, 0.1) is 4.92 Å². The lowest BCUT2D eigenvalue weighted by Gasteiger charge is -2.20. The first-order valence-electron chi connectivity index (χ1n) is 5.89. The zero-order valence-corrected chi connectivity index (χ0v) is 10.8. The molecule has 0 amide bonds. The summed E-state index contributed by atoms with van der Waals surface area (Å²) in [4.78, 5) is 12.7. The summed E-state index contributed by atoms with van der Waals surface area (Å²) in [5.74, 6) is 0. The summed E-state index contributed by atoms with van der Waals surface area (Å²) in [6.45, 7) is 0. The van der Waals surface area contributed by atoms with Gasteiger partial charge in [-0.05, 0) is 24.3 Å². The second-order valence-electron chi connectivity index (χ2n) is 4.07. The molecule has 5 heteroatoms. The Hall–Kier alpha value is -2.56. The van der Waals surface area contributed by atoms with Crippen LogP contribution in [0.2, 0.25) is 0 Å². The molecule has 0 atom stereocenters. The van der Waals surface area contributed by atoms with Crippen LogP contribution in [0.3, 0.4) is 0 Å². The Morgan fingerprint density at radius 1 is 1.11 bits per heavy atom. The van der Waals surface area contributed by atoms with Crippen molar-refractivity contribution < 1.29 is 4.92 Å². The predicted molar refractivity (Wildman–Crippen MR) is 77.1 cm³/mol. The lowest BCUT2D eigenvalue weighted by Crippen LogP contribution is -2.12. The van der Waals surface area contributed by atoms with Crippen LogP contribution >= 0.6 is 0 Å². The number of para-hydroxylation sites is 2. The first-order chi connectivity index (χ1) is 9.15. The van der Waals surface area contributed by atoms with Crippen LogP contribution in [0.15, 0.2) is 48.5 Å². The minimum atomic E-state index is -0.361. The van der Waals surface area contributed by atoms with Crippen LogP contribution in [0.1, 0.15) is 0 Å². The molecule has 0 saturated heterocycles. The van der Waals surface area contributed by atoms with Crippen molar-refractivity contribution in [2.24, 2.45) is 0 Å². The number of nitrogens with one attached hydrogen (secondary N) is 1. The molecule has 0 heterocycles. The van der Waals surface area contributed by atoms with Crippen LogP contribution in [0.4, 0.5) is 22.7 Å². The predicted octanol–water partition coefficient (Wildman–Crippen LogP) is 3.40. The van der Waals surface area contributed by atoms with Gasteiger partial charge < -0.3 is 10.2 Å². The highest BCUT2D eigenvalue weighted by Gasteiger charge is 2.22. The molecule has 0 saturated carbocycles. The van der Waals surface area contributed by atoms with Crippen molar-refractivity contribution in [1.82, 2.24) is 0 Å². The quantitative estimate of drug-likeness (QED) is 0.673. The molecule has 2 aromatic carbocycles. The van der Waals surface area contributed by atoms with Gasteiger partial charge in [-0.2, -0.15) is 0 Å². The van der Waals surface area contributed by atoms with Crippen molar-refractivity contribution in [3.05, 3.63) is 58.6 Å². The van der Waals surface area contributed by atoms with Gasteiger partial charge in [-0.1, -0.05) is 24.3 Å². The van der Waals surface area contributed by atoms with Crippen LogP contribution in [-0.2, 0) is 0 Å². The molecule has 0 aliphatic carbocycles. The molecule has 0 fully saturated rings. The van der Waals surface area contributed by atoms with Crippen LogP contribution < -0.4 is 10.2 Å². The molecule has 0 unspecified atom stereocenters. The maximum atomic E-state index is 11.3.